The third kappa shape index (κ3) is 4.27. The van der Waals surface area contributed by atoms with Crippen LogP contribution in [-0.2, 0) is 4.79 Å². The summed E-state index contributed by atoms with van der Waals surface area (Å²) in [7, 11) is 0. The molecular formula is C16H24N2O3. The summed E-state index contributed by atoms with van der Waals surface area (Å²) >= 11 is 0. The van der Waals surface area contributed by atoms with Crippen LogP contribution in [0.5, 0.6) is 0 Å². The highest BCUT2D eigenvalue weighted by atomic mass is 16.4. The number of aliphatic hydroxyl groups is 1. The first kappa shape index (κ1) is 15.9. The fraction of sp³-hybridized carbons (Fsp3) is 0.562. The Hall–Kier alpha value is -1.43. The van der Waals surface area contributed by atoms with E-state index in [1.165, 1.54) is 0 Å². The summed E-state index contributed by atoms with van der Waals surface area (Å²) in [5.74, 6) is -0.740. The number of rotatable bonds is 6. The Balaban J connectivity index is 1.83. The molecule has 0 bridgehead atoms. The van der Waals surface area contributed by atoms with Crippen molar-refractivity contribution in [3.05, 3.63) is 35.9 Å². The minimum absolute atomic E-state index is 0.383. The quantitative estimate of drug-likeness (QED) is 0.825. The number of hydrogen-bond acceptors (Lipinski definition) is 4. The van der Waals surface area contributed by atoms with Crippen LogP contribution in [0.3, 0.4) is 0 Å². The van der Waals surface area contributed by atoms with Crippen molar-refractivity contribution < 1.29 is 15.0 Å². The predicted molar refractivity (Wildman–Crippen MR) is 81.1 cm³/mol. The van der Waals surface area contributed by atoms with Crippen LogP contribution < -0.4 is 0 Å². The Morgan fingerprint density at radius 1 is 1.19 bits per heavy atom. The lowest BCUT2D eigenvalue weighted by Crippen LogP contribution is -2.53. The van der Waals surface area contributed by atoms with Crippen LogP contribution in [0, 0.1) is 0 Å². The lowest BCUT2D eigenvalue weighted by atomic mass is 10.1. The minimum atomic E-state index is -0.740. The molecule has 1 heterocycles. The number of aliphatic hydroxyl groups excluding tert-OH is 1. The summed E-state index contributed by atoms with van der Waals surface area (Å²) in [5, 5.41) is 19.4. The van der Waals surface area contributed by atoms with Crippen molar-refractivity contribution in [3.63, 3.8) is 0 Å². The molecule has 1 fully saturated rings. The highest BCUT2D eigenvalue weighted by molar-refractivity contribution is 5.73. The van der Waals surface area contributed by atoms with Gasteiger partial charge in [0, 0.05) is 32.7 Å². The van der Waals surface area contributed by atoms with Crippen molar-refractivity contribution in [1.29, 1.82) is 0 Å². The highest BCUT2D eigenvalue weighted by Crippen LogP contribution is 2.16. The smallest absolute Gasteiger partial charge is 0.320 e. The number of β-amino-alcohol motifs (C(OH)–C–C–N with tert-alkyl or cyclic N) is 1. The second-order valence-electron chi connectivity index (χ2n) is 5.53. The first-order valence-electron chi connectivity index (χ1n) is 7.54. The molecule has 5 heteroatoms. The molecule has 2 N–H and O–H groups in total. The largest absolute Gasteiger partial charge is 0.480 e. The molecule has 2 rings (SSSR count). The van der Waals surface area contributed by atoms with Crippen molar-refractivity contribution in [2.45, 2.75) is 25.5 Å². The maximum absolute atomic E-state index is 11.2. The zero-order valence-electron chi connectivity index (χ0n) is 12.5. The number of nitrogens with zero attached hydrogens (tertiary/aromatic N) is 2. The molecule has 1 aromatic carbocycles. The van der Waals surface area contributed by atoms with Gasteiger partial charge in [0.05, 0.1) is 6.10 Å². The van der Waals surface area contributed by atoms with Gasteiger partial charge in [-0.3, -0.25) is 14.6 Å². The van der Waals surface area contributed by atoms with Crippen molar-refractivity contribution in [2.75, 3.05) is 32.7 Å². The first-order chi connectivity index (χ1) is 10.1. The number of benzene rings is 1. The van der Waals surface area contributed by atoms with E-state index in [-0.39, 0.29) is 6.04 Å². The van der Waals surface area contributed by atoms with Gasteiger partial charge < -0.3 is 10.2 Å². The normalized spacial score (nSPS) is 20.1. The zero-order chi connectivity index (χ0) is 15.2. The maximum Gasteiger partial charge on any atom is 0.320 e. The van der Waals surface area contributed by atoms with E-state index in [2.05, 4.69) is 4.90 Å². The van der Waals surface area contributed by atoms with Gasteiger partial charge in [0.15, 0.2) is 0 Å². The third-order valence-electron chi connectivity index (χ3n) is 4.13. The SMILES string of the molecule is CC[C@@H](C(=O)O)N1CCN(C[C@@H](O)c2ccccc2)CC1. The Morgan fingerprint density at radius 3 is 2.33 bits per heavy atom. The lowest BCUT2D eigenvalue weighted by Gasteiger charge is -2.38. The number of piperazine rings is 1. The molecule has 21 heavy (non-hydrogen) atoms. The molecule has 0 unspecified atom stereocenters. The second-order valence-corrected chi connectivity index (χ2v) is 5.53. The second kappa shape index (κ2) is 7.54. The molecule has 2 atom stereocenters. The van der Waals surface area contributed by atoms with Crippen LogP contribution in [-0.4, -0.2) is 64.7 Å². The van der Waals surface area contributed by atoms with Crippen LogP contribution >= 0.6 is 0 Å². The molecule has 1 saturated heterocycles. The van der Waals surface area contributed by atoms with Crippen molar-refractivity contribution >= 4 is 5.97 Å². The van der Waals surface area contributed by atoms with Crippen LogP contribution in [0.2, 0.25) is 0 Å². The molecule has 1 aromatic rings. The van der Waals surface area contributed by atoms with E-state index in [0.717, 1.165) is 31.7 Å². The number of aliphatic carboxylic acids is 1. The topological polar surface area (TPSA) is 64.0 Å². The van der Waals surface area contributed by atoms with Crippen molar-refractivity contribution in [2.24, 2.45) is 0 Å². The van der Waals surface area contributed by atoms with Gasteiger partial charge in [0.1, 0.15) is 6.04 Å². The van der Waals surface area contributed by atoms with Gasteiger partial charge in [-0.25, -0.2) is 0 Å². The van der Waals surface area contributed by atoms with Gasteiger partial charge in [-0.15, -0.1) is 0 Å². The molecule has 116 valence electrons. The average Bonchev–Trinajstić information content (AvgIpc) is 2.50. The number of hydrogen-bond donors (Lipinski definition) is 2. The molecule has 5 nitrogen and oxygen atoms in total. The van der Waals surface area contributed by atoms with Gasteiger partial charge in [0.2, 0.25) is 0 Å². The molecule has 1 aliphatic rings. The Bertz CT molecular complexity index is 444. The van der Waals surface area contributed by atoms with E-state index < -0.39 is 12.1 Å². The monoisotopic (exact) mass is 292 g/mol. The van der Waals surface area contributed by atoms with Gasteiger partial charge in [0.25, 0.3) is 0 Å². The molecule has 1 aliphatic heterocycles. The number of carbonyl (C=O) groups is 1. The van der Waals surface area contributed by atoms with Crippen molar-refractivity contribution in [1.82, 2.24) is 9.80 Å². The summed E-state index contributed by atoms with van der Waals surface area (Å²) in [6, 6.07) is 9.26. The molecule has 0 aliphatic carbocycles. The Labute approximate surface area is 125 Å². The lowest BCUT2D eigenvalue weighted by molar-refractivity contribution is -0.144. The predicted octanol–water partition coefficient (Wildman–Crippen LogP) is 1.20. The standard InChI is InChI=1S/C16H24N2O3/c1-2-14(16(20)21)18-10-8-17(9-11-18)12-15(19)13-6-4-3-5-7-13/h3-7,14-15,19H,2,8-12H2,1H3,(H,20,21)/t14-,15+/m0/s1. The third-order valence-corrected chi connectivity index (χ3v) is 4.13. The van der Waals surface area contributed by atoms with E-state index >= 15 is 0 Å². The average molecular weight is 292 g/mol. The van der Waals surface area contributed by atoms with Gasteiger partial charge in [-0.2, -0.15) is 0 Å². The van der Waals surface area contributed by atoms with Gasteiger partial charge in [-0.05, 0) is 12.0 Å². The van der Waals surface area contributed by atoms with Crippen LogP contribution in [0.25, 0.3) is 0 Å². The maximum atomic E-state index is 11.2. The first-order valence-corrected chi connectivity index (χ1v) is 7.54. The summed E-state index contributed by atoms with van der Waals surface area (Å²) in [6.07, 6.45) is 0.140. The molecular weight excluding hydrogens is 268 g/mol. The fourth-order valence-corrected chi connectivity index (χ4v) is 2.87. The molecule has 0 spiro atoms. The van der Waals surface area contributed by atoms with Crippen LogP contribution in [0.4, 0.5) is 0 Å². The van der Waals surface area contributed by atoms with E-state index in [1.807, 2.05) is 42.2 Å². The van der Waals surface area contributed by atoms with E-state index in [4.69, 9.17) is 0 Å². The number of carboxylic acid groups (broad SMARTS) is 1. The van der Waals surface area contributed by atoms with E-state index in [1.54, 1.807) is 0 Å². The molecule has 0 saturated carbocycles. The van der Waals surface area contributed by atoms with E-state index in [0.29, 0.717) is 13.0 Å². The summed E-state index contributed by atoms with van der Waals surface area (Å²) in [5.41, 5.74) is 0.928. The molecule has 0 radical (unpaired) electrons. The summed E-state index contributed by atoms with van der Waals surface area (Å²) in [6.45, 7) is 5.59. The number of carboxylic acids is 1. The fourth-order valence-electron chi connectivity index (χ4n) is 2.87. The van der Waals surface area contributed by atoms with Gasteiger partial charge in [-0.1, -0.05) is 37.3 Å². The van der Waals surface area contributed by atoms with Crippen LogP contribution in [0.1, 0.15) is 25.0 Å². The summed E-state index contributed by atoms with van der Waals surface area (Å²) < 4.78 is 0. The molecule has 0 amide bonds. The highest BCUT2D eigenvalue weighted by Gasteiger charge is 2.27. The Morgan fingerprint density at radius 2 is 1.81 bits per heavy atom. The zero-order valence-corrected chi connectivity index (χ0v) is 12.5. The van der Waals surface area contributed by atoms with Gasteiger partial charge >= 0.3 is 5.97 Å². The molecule has 0 aromatic heterocycles. The van der Waals surface area contributed by atoms with E-state index in [9.17, 15) is 15.0 Å². The minimum Gasteiger partial charge on any atom is -0.480 e. The van der Waals surface area contributed by atoms with Crippen molar-refractivity contribution in [3.8, 4) is 0 Å². The summed E-state index contributed by atoms with van der Waals surface area (Å²) in [4.78, 5) is 15.4. The Kier molecular flexibility index (Phi) is 5.73. The van der Waals surface area contributed by atoms with Crippen LogP contribution in [0.15, 0.2) is 30.3 Å².